The summed E-state index contributed by atoms with van der Waals surface area (Å²) in [6.07, 6.45) is 5.00. The van der Waals surface area contributed by atoms with Crippen LogP contribution in [0.4, 0.5) is 10.1 Å². The third-order valence-electron chi connectivity index (χ3n) is 4.59. The van der Waals surface area contributed by atoms with Gasteiger partial charge in [0, 0.05) is 19.1 Å². The van der Waals surface area contributed by atoms with Gasteiger partial charge in [0.25, 0.3) is 0 Å². The van der Waals surface area contributed by atoms with E-state index in [0.717, 1.165) is 19.5 Å². The van der Waals surface area contributed by atoms with Crippen LogP contribution in [0.1, 0.15) is 31.2 Å². The second-order valence-electron chi connectivity index (χ2n) is 5.86. The predicted octanol–water partition coefficient (Wildman–Crippen LogP) is 3.52. The Bertz CT molecular complexity index is 563. The fourth-order valence-corrected chi connectivity index (χ4v) is 3.84. The van der Waals surface area contributed by atoms with Crippen molar-refractivity contribution >= 4 is 21.6 Å². The monoisotopic (exact) mass is 351 g/mol. The third kappa shape index (κ3) is 2.93. The van der Waals surface area contributed by atoms with Crippen LogP contribution in [-0.2, 0) is 0 Å². The molecular formula is C16H19BrFN3. The van der Waals surface area contributed by atoms with Crippen LogP contribution in [0.2, 0.25) is 0 Å². The molecule has 0 N–H and O–H groups in total. The molecule has 3 rings (SSSR count). The molecule has 0 saturated carbocycles. The molecular weight excluding hydrogens is 333 g/mol. The normalized spacial score (nSPS) is 23.3. The molecule has 2 heterocycles. The van der Waals surface area contributed by atoms with E-state index in [1.165, 1.54) is 32.4 Å². The Morgan fingerprint density at radius 1 is 1.19 bits per heavy atom. The van der Waals surface area contributed by atoms with Gasteiger partial charge in [-0.3, -0.25) is 4.90 Å². The first kappa shape index (κ1) is 14.8. The van der Waals surface area contributed by atoms with Crippen LogP contribution in [0.25, 0.3) is 0 Å². The van der Waals surface area contributed by atoms with Crippen molar-refractivity contribution in [2.75, 3.05) is 31.1 Å². The van der Waals surface area contributed by atoms with Crippen LogP contribution in [-0.4, -0.2) is 37.1 Å². The first-order valence-corrected chi connectivity index (χ1v) is 8.37. The Morgan fingerprint density at radius 2 is 1.95 bits per heavy atom. The van der Waals surface area contributed by atoms with Crippen LogP contribution in [0.3, 0.4) is 0 Å². The number of piperidine rings is 1. The first-order chi connectivity index (χ1) is 10.2. The van der Waals surface area contributed by atoms with E-state index in [2.05, 4.69) is 25.7 Å². The van der Waals surface area contributed by atoms with Crippen molar-refractivity contribution in [2.24, 2.45) is 0 Å². The van der Waals surface area contributed by atoms with Crippen molar-refractivity contribution in [2.45, 2.75) is 31.7 Å². The summed E-state index contributed by atoms with van der Waals surface area (Å²) in [5.41, 5.74) is 0.961. The van der Waals surface area contributed by atoms with E-state index in [0.29, 0.717) is 17.3 Å². The summed E-state index contributed by atoms with van der Waals surface area (Å²) in [4.78, 5) is 4.67. The summed E-state index contributed by atoms with van der Waals surface area (Å²) >= 11 is 3.20. The first-order valence-electron chi connectivity index (χ1n) is 7.58. The van der Waals surface area contributed by atoms with Crippen LogP contribution < -0.4 is 4.90 Å². The van der Waals surface area contributed by atoms with Gasteiger partial charge in [-0.05, 0) is 60.4 Å². The SMILES string of the molecule is N#Cc1ccc(N2CCC(N3CCCCC3)C2)c(F)c1Br. The lowest BCUT2D eigenvalue weighted by atomic mass is 10.1. The Labute approximate surface area is 133 Å². The van der Waals surface area contributed by atoms with E-state index < -0.39 is 0 Å². The lowest BCUT2D eigenvalue weighted by Crippen LogP contribution is -2.40. The third-order valence-corrected chi connectivity index (χ3v) is 5.37. The molecule has 1 unspecified atom stereocenters. The summed E-state index contributed by atoms with van der Waals surface area (Å²) in [6.45, 7) is 4.13. The molecule has 21 heavy (non-hydrogen) atoms. The highest BCUT2D eigenvalue weighted by Gasteiger charge is 2.30. The van der Waals surface area contributed by atoms with E-state index in [9.17, 15) is 4.39 Å². The number of nitriles is 1. The van der Waals surface area contributed by atoms with E-state index >= 15 is 0 Å². The zero-order chi connectivity index (χ0) is 14.8. The number of hydrogen-bond acceptors (Lipinski definition) is 3. The summed E-state index contributed by atoms with van der Waals surface area (Å²) in [6, 6.07) is 5.97. The van der Waals surface area contributed by atoms with Gasteiger partial charge in [0.1, 0.15) is 6.07 Å². The second kappa shape index (κ2) is 6.33. The molecule has 112 valence electrons. The molecule has 2 saturated heterocycles. The Hall–Kier alpha value is -1.12. The van der Waals surface area contributed by atoms with Gasteiger partial charge < -0.3 is 4.90 Å². The quantitative estimate of drug-likeness (QED) is 0.816. The van der Waals surface area contributed by atoms with Gasteiger partial charge in [-0.2, -0.15) is 5.26 Å². The van der Waals surface area contributed by atoms with Gasteiger partial charge in [0.05, 0.1) is 15.7 Å². The van der Waals surface area contributed by atoms with Crippen LogP contribution in [0.5, 0.6) is 0 Å². The Balaban J connectivity index is 1.74. The largest absolute Gasteiger partial charge is 0.368 e. The van der Waals surface area contributed by atoms with Crippen molar-refractivity contribution in [3.63, 3.8) is 0 Å². The molecule has 1 atom stereocenters. The Kier molecular flexibility index (Phi) is 4.46. The highest BCUT2D eigenvalue weighted by Crippen LogP contribution is 2.32. The molecule has 0 radical (unpaired) electrons. The van der Waals surface area contributed by atoms with Crippen molar-refractivity contribution < 1.29 is 4.39 Å². The van der Waals surface area contributed by atoms with Gasteiger partial charge >= 0.3 is 0 Å². The summed E-state index contributed by atoms with van der Waals surface area (Å²) < 4.78 is 14.7. The number of hydrogen-bond donors (Lipinski definition) is 0. The minimum absolute atomic E-state index is 0.281. The number of halogens is 2. The van der Waals surface area contributed by atoms with Gasteiger partial charge in [-0.1, -0.05) is 6.42 Å². The molecule has 1 aromatic carbocycles. The molecule has 3 nitrogen and oxygen atoms in total. The molecule has 5 heteroatoms. The smallest absolute Gasteiger partial charge is 0.161 e. The zero-order valence-corrected chi connectivity index (χ0v) is 13.6. The standard InChI is InChI=1S/C16H19BrFN3/c17-15-12(10-19)4-5-14(16(15)18)21-9-6-13(11-21)20-7-2-1-3-8-20/h4-5,13H,1-3,6-9,11H2. The fourth-order valence-electron chi connectivity index (χ4n) is 3.41. The van der Waals surface area contributed by atoms with Gasteiger partial charge in [0.2, 0.25) is 0 Å². The maximum Gasteiger partial charge on any atom is 0.161 e. The molecule has 2 fully saturated rings. The molecule has 0 bridgehead atoms. The van der Waals surface area contributed by atoms with Crippen molar-refractivity contribution in [3.8, 4) is 6.07 Å². The van der Waals surface area contributed by atoms with Gasteiger partial charge in [-0.15, -0.1) is 0 Å². The molecule has 0 amide bonds. The molecule has 2 aliphatic rings. The van der Waals surface area contributed by atoms with Gasteiger partial charge in [-0.25, -0.2) is 4.39 Å². The summed E-state index contributed by atoms with van der Waals surface area (Å²) in [7, 11) is 0. The minimum atomic E-state index is -0.312. The van der Waals surface area contributed by atoms with E-state index in [4.69, 9.17) is 5.26 Å². The molecule has 1 aromatic rings. The predicted molar refractivity (Wildman–Crippen MR) is 84.9 cm³/mol. The zero-order valence-electron chi connectivity index (χ0n) is 12.0. The summed E-state index contributed by atoms with van der Waals surface area (Å²) in [5.74, 6) is -0.312. The van der Waals surface area contributed by atoms with Crippen LogP contribution >= 0.6 is 15.9 Å². The van der Waals surface area contributed by atoms with Crippen LogP contribution in [0.15, 0.2) is 16.6 Å². The minimum Gasteiger partial charge on any atom is -0.368 e. The lowest BCUT2D eigenvalue weighted by Gasteiger charge is -2.32. The molecule has 0 aromatic heterocycles. The average Bonchev–Trinajstić information content (AvgIpc) is 3.00. The number of nitrogens with zero attached hydrogens (tertiary/aromatic N) is 3. The molecule has 2 aliphatic heterocycles. The number of benzene rings is 1. The van der Waals surface area contributed by atoms with E-state index in [-0.39, 0.29) is 10.3 Å². The van der Waals surface area contributed by atoms with Crippen molar-refractivity contribution in [1.29, 1.82) is 5.26 Å². The number of likely N-dealkylation sites (tertiary alicyclic amines) is 1. The molecule has 0 aliphatic carbocycles. The van der Waals surface area contributed by atoms with Crippen molar-refractivity contribution in [1.82, 2.24) is 4.90 Å². The second-order valence-corrected chi connectivity index (χ2v) is 6.65. The number of anilines is 1. The fraction of sp³-hybridized carbons (Fsp3) is 0.562. The maximum absolute atomic E-state index is 14.4. The number of rotatable bonds is 2. The van der Waals surface area contributed by atoms with Crippen LogP contribution in [0, 0.1) is 17.1 Å². The Morgan fingerprint density at radius 3 is 2.67 bits per heavy atom. The van der Waals surface area contributed by atoms with Crippen molar-refractivity contribution in [3.05, 3.63) is 28.0 Å². The maximum atomic E-state index is 14.4. The lowest BCUT2D eigenvalue weighted by molar-refractivity contribution is 0.175. The van der Waals surface area contributed by atoms with E-state index in [1.54, 1.807) is 12.1 Å². The topological polar surface area (TPSA) is 30.3 Å². The van der Waals surface area contributed by atoms with Gasteiger partial charge in [0.15, 0.2) is 5.82 Å². The highest BCUT2D eigenvalue weighted by atomic mass is 79.9. The molecule has 0 spiro atoms. The summed E-state index contributed by atoms with van der Waals surface area (Å²) in [5, 5.41) is 8.94. The van der Waals surface area contributed by atoms with E-state index in [1.807, 2.05) is 6.07 Å². The average molecular weight is 352 g/mol. The highest BCUT2D eigenvalue weighted by molar-refractivity contribution is 9.10.